The zero-order valence-electron chi connectivity index (χ0n) is 12.7. The molecule has 0 radical (unpaired) electrons. The average molecular weight is 282 g/mol. The van der Waals surface area contributed by atoms with E-state index in [1.807, 2.05) is 25.1 Å². The molecule has 0 spiro atoms. The third kappa shape index (κ3) is 4.47. The molecule has 2 nitrogen and oxygen atoms in total. The Morgan fingerprint density at radius 2 is 1.76 bits per heavy atom. The second-order valence-corrected chi connectivity index (χ2v) is 5.51. The van der Waals surface area contributed by atoms with E-state index < -0.39 is 0 Å². The van der Waals surface area contributed by atoms with Crippen molar-refractivity contribution in [2.75, 3.05) is 0 Å². The molecule has 2 aromatic rings. The summed E-state index contributed by atoms with van der Waals surface area (Å²) in [7, 11) is 0. The highest BCUT2D eigenvalue weighted by molar-refractivity contribution is 5.39. The maximum Gasteiger partial charge on any atom is 0.123 e. The standard InChI is InChI=1S/C19H22O2/c1-14(2)10-18-11-17(12-20)8-9-19(18)21-13-16-6-4-15(3)5-7-16/h4-9,11,20H,1,10,12-13H2,2-3H3. The normalized spacial score (nSPS) is 10.4. The fraction of sp³-hybridized carbons (Fsp3) is 0.263. The molecule has 110 valence electrons. The van der Waals surface area contributed by atoms with Crippen LogP contribution in [-0.2, 0) is 19.6 Å². The van der Waals surface area contributed by atoms with Crippen LogP contribution in [0.15, 0.2) is 54.6 Å². The van der Waals surface area contributed by atoms with Crippen LogP contribution >= 0.6 is 0 Å². The molecular formula is C19H22O2. The minimum atomic E-state index is 0.0431. The monoisotopic (exact) mass is 282 g/mol. The SMILES string of the molecule is C=C(C)Cc1cc(CO)ccc1OCc1ccc(C)cc1. The predicted octanol–water partition coefficient (Wildman–Crippen LogP) is 4.18. The lowest BCUT2D eigenvalue weighted by Crippen LogP contribution is -2.00. The Bertz CT molecular complexity index is 612. The van der Waals surface area contributed by atoms with Gasteiger partial charge in [0.05, 0.1) is 6.61 Å². The van der Waals surface area contributed by atoms with Crippen molar-refractivity contribution in [3.8, 4) is 5.75 Å². The van der Waals surface area contributed by atoms with E-state index in [9.17, 15) is 5.11 Å². The molecule has 0 unspecified atom stereocenters. The number of allylic oxidation sites excluding steroid dienone is 1. The summed E-state index contributed by atoms with van der Waals surface area (Å²) >= 11 is 0. The summed E-state index contributed by atoms with van der Waals surface area (Å²) in [5.41, 5.74) is 5.43. The number of aliphatic hydroxyl groups is 1. The van der Waals surface area contributed by atoms with Gasteiger partial charge in [-0.1, -0.05) is 48.0 Å². The number of aryl methyl sites for hydroxylation is 1. The summed E-state index contributed by atoms with van der Waals surface area (Å²) in [6, 6.07) is 14.1. The fourth-order valence-corrected chi connectivity index (χ4v) is 2.18. The molecule has 0 saturated heterocycles. The molecule has 0 amide bonds. The van der Waals surface area contributed by atoms with Gasteiger partial charge in [0.1, 0.15) is 12.4 Å². The molecule has 2 rings (SSSR count). The van der Waals surface area contributed by atoms with Gasteiger partial charge < -0.3 is 9.84 Å². The highest BCUT2D eigenvalue weighted by Gasteiger charge is 2.06. The van der Waals surface area contributed by atoms with Gasteiger partial charge in [-0.3, -0.25) is 0 Å². The Labute approximate surface area is 126 Å². The van der Waals surface area contributed by atoms with Gasteiger partial charge in [0.15, 0.2) is 0 Å². The van der Waals surface area contributed by atoms with Gasteiger partial charge in [0.25, 0.3) is 0 Å². The van der Waals surface area contributed by atoms with Gasteiger partial charge in [-0.2, -0.15) is 0 Å². The fourth-order valence-electron chi connectivity index (χ4n) is 2.18. The molecule has 0 aliphatic rings. The minimum Gasteiger partial charge on any atom is -0.489 e. The first-order valence-corrected chi connectivity index (χ1v) is 7.14. The van der Waals surface area contributed by atoms with Crippen LogP contribution in [0.4, 0.5) is 0 Å². The third-order valence-electron chi connectivity index (χ3n) is 3.31. The van der Waals surface area contributed by atoms with Crippen molar-refractivity contribution in [2.24, 2.45) is 0 Å². The summed E-state index contributed by atoms with van der Waals surface area (Å²) in [6.45, 7) is 8.61. The largest absolute Gasteiger partial charge is 0.489 e. The van der Waals surface area contributed by atoms with Crippen LogP contribution in [-0.4, -0.2) is 5.11 Å². The zero-order chi connectivity index (χ0) is 15.2. The third-order valence-corrected chi connectivity index (χ3v) is 3.31. The quantitative estimate of drug-likeness (QED) is 0.805. The van der Waals surface area contributed by atoms with E-state index in [1.54, 1.807) is 0 Å². The van der Waals surface area contributed by atoms with E-state index in [4.69, 9.17) is 4.74 Å². The van der Waals surface area contributed by atoms with Crippen LogP contribution < -0.4 is 4.74 Å². The van der Waals surface area contributed by atoms with Crippen molar-refractivity contribution in [2.45, 2.75) is 33.5 Å². The maximum absolute atomic E-state index is 9.26. The molecule has 0 atom stereocenters. The van der Waals surface area contributed by atoms with Gasteiger partial charge in [-0.15, -0.1) is 0 Å². The summed E-state index contributed by atoms with van der Waals surface area (Å²) in [4.78, 5) is 0. The van der Waals surface area contributed by atoms with Crippen molar-refractivity contribution in [3.63, 3.8) is 0 Å². The van der Waals surface area contributed by atoms with Crippen molar-refractivity contribution in [1.29, 1.82) is 0 Å². The molecule has 21 heavy (non-hydrogen) atoms. The van der Waals surface area contributed by atoms with Crippen LogP contribution in [0.25, 0.3) is 0 Å². The Morgan fingerprint density at radius 3 is 2.38 bits per heavy atom. The Morgan fingerprint density at radius 1 is 1.10 bits per heavy atom. The summed E-state index contributed by atoms with van der Waals surface area (Å²) < 4.78 is 5.94. The lowest BCUT2D eigenvalue weighted by atomic mass is 10.0. The smallest absolute Gasteiger partial charge is 0.123 e. The number of rotatable bonds is 6. The lowest BCUT2D eigenvalue weighted by Gasteiger charge is -2.13. The maximum atomic E-state index is 9.26. The highest BCUT2D eigenvalue weighted by atomic mass is 16.5. The number of aliphatic hydroxyl groups excluding tert-OH is 1. The van der Waals surface area contributed by atoms with Gasteiger partial charge in [-0.25, -0.2) is 0 Å². The average Bonchev–Trinajstić information content (AvgIpc) is 2.47. The van der Waals surface area contributed by atoms with Gasteiger partial charge >= 0.3 is 0 Å². The van der Waals surface area contributed by atoms with Gasteiger partial charge in [0.2, 0.25) is 0 Å². The van der Waals surface area contributed by atoms with E-state index in [0.717, 1.165) is 34.4 Å². The van der Waals surface area contributed by atoms with E-state index in [1.165, 1.54) is 5.56 Å². The van der Waals surface area contributed by atoms with E-state index in [0.29, 0.717) is 6.61 Å². The van der Waals surface area contributed by atoms with Crippen LogP contribution in [0.5, 0.6) is 5.75 Å². The number of ether oxygens (including phenoxy) is 1. The molecule has 2 aromatic carbocycles. The predicted molar refractivity (Wildman–Crippen MR) is 86.4 cm³/mol. The van der Waals surface area contributed by atoms with E-state index in [2.05, 4.69) is 37.8 Å². The summed E-state index contributed by atoms with van der Waals surface area (Å²) in [6.07, 6.45) is 0.761. The Kier molecular flexibility index (Phi) is 5.18. The van der Waals surface area contributed by atoms with Crippen LogP contribution in [0.2, 0.25) is 0 Å². The minimum absolute atomic E-state index is 0.0431. The first kappa shape index (κ1) is 15.3. The van der Waals surface area contributed by atoms with Crippen LogP contribution in [0, 0.1) is 6.92 Å². The van der Waals surface area contributed by atoms with Gasteiger partial charge in [-0.05, 0) is 49.1 Å². The van der Waals surface area contributed by atoms with Gasteiger partial charge in [0, 0.05) is 0 Å². The van der Waals surface area contributed by atoms with E-state index in [-0.39, 0.29) is 6.61 Å². The molecule has 2 heteroatoms. The first-order chi connectivity index (χ1) is 10.1. The molecule has 0 aromatic heterocycles. The molecular weight excluding hydrogens is 260 g/mol. The molecule has 0 fully saturated rings. The second kappa shape index (κ2) is 7.09. The highest BCUT2D eigenvalue weighted by Crippen LogP contribution is 2.24. The van der Waals surface area contributed by atoms with E-state index >= 15 is 0 Å². The summed E-state index contributed by atoms with van der Waals surface area (Å²) in [5, 5.41) is 9.26. The Balaban J connectivity index is 2.14. The number of hydrogen-bond donors (Lipinski definition) is 1. The van der Waals surface area contributed by atoms with Crippen molar-refractivity contribution >= 4 is 0 Å². The number of benzene rings is 2. The lowest BCUT2D eigenvalue weighted by molar-refractivity contribution is 0.280. The molecule has 0 bridgehead atoms. The Hall–Kier alpha value is -2.06. The first-order valence-electron chi connectivity index (χ1n) is 7.14. The topological polar surface area (TPSA) is 29.5 Å². The molecule has 0 saturated carbocycles. The molecule has 0 aliphatic carbocycles. The molecule has 0 heterocycles. The molecule has 0 aliphatic heterocycles. The van der Waals surface area contributed by atoms with Crippen molar-refractivity contribution in [1.82, 2.24) is 0 Å². The zero-order valence-corrected chi connectivity index (χ0v) is 12.7. The second-order valence-electron chi connectivity index (χ2n) is 5.51. The van der Waals surface area contributed by atoms with Crippen molar-refractivity contribution < 1.29 is 9.84 Å². The molecule has 1 N–H and O–H groups in total. The van der Waals surface area contributed by atoms with Crippen LogP contribution in [0.1, 0.15) is 29.2 Å². The van der Waals surface area contributed by atoms with Crippen LogP contribution in [0.3, 0.4) is 0 Å². The summed E-state index contributed by atoms with van der Waals surface area (Å²) in [5.74, 6) is 0.857. The van der Waals surface area contributed by atoms with Crippen molar-refractivity contribution in [3.05, 3.63) is 76.9 Å². The number of hydrogen-bond acceptors (Lipinski definition) is 2.